The number of carbonyl (C=O) groups excluding carboxylic acids is 1. The van der Waals surface area contributed by atoms with E-state index in [0.717, 1.165) is 49.0 Å². The van der Waals surface area contributed by atoms with Crippen LogP contribution in [0.4, 0.5) is 11.5 Å². The van der Waals surface area contributed by atoms with Gasteiger partial charge in [-0.05, 0) is 68.7 Å². The molecule has 0 bridgehead atoms. The number of rotatable bonds is 11. The molecule has 2 aliphatic heterocycles. The summed E-state index contributed by atoms with van der Waals surface area (Å²) < 4.78 is 6.19. The van der Waals surface area contributed by atoms with Crippen LogP contribution in [-0.4, -0.2) is 96.2 Å². The molecule has 10 heteroatoms. The van der Waals surface area contributed by atoms with Gasteiger partial charge >= 0.3 is 6.01 Å². The maximum atomic E-state index is 12.5. The topological polar surface area (TPSA) is 82.3 Å². The minimum Gasteiger partial charge on any atom is -0.462 e. The average Bonchev–Trinajstić information content (AvgIpc) is 3.92. The number of likely N-dealkylation sites (N-methyl/N-ethyl adjacent to an activating group) is 1. The van der Waals surface area contributed by atoms with E-state index in [1.165, 1.54) is 43.0 Å². The quantitative estimate of drug-likeness (QED) is 0.309. The number of aromatic nitrogens is 3. The Balaban J connectivity index is 1.26. The number of pyridine rings is 1. The molecule has 6 rings (SSSR count). The zero-order valence-electron chi connectivity index (χ0n) is 24.0. The molecule has 1 atom stereocenters. The number of nitrogens with zero attached hydrogens (tertiary/aromatic N) is 8. The fourth-order valence-electron chi connectivity index (χ4n) is 6.16. The lowest BCUT2D eigenvalue weighted by Crippen LogP contribution is -2.56. The fourth-order valence-corrected chi connectivity index (χ4v) is 6.16. The standard InChI is InChI=1S/C31H40N8O2/c1-4-29(40)39-14-13-38(20-24(39)17-32-2)30-26-10-12-37(28-18-33-11-9-25(28)23-7-8-23)21-27(26)34-31(35-30)41-16-15-36(3)19-22-5-6-22/h4,9,11,18,22-24H,1,5-8,10,12-17,19-21H2,3H3/t24-/m0/s1. The molecule has 2 aromatic rings. The molecule has 0 radical (unpaired) electrons. The van der Waals surface area contributed by atoms with Crippen LogP contribution in [0.2, 0.25) is 0 Å². The Morgan fingerprint density at radius 3 is 2.83 bits per heavy atom. The Morgan fingerprint density at radius 2 is 2.07 bits per heavy atom. The second kappa shape index (κ2) is 12.0. The highest BCUT2D eigenvalue weighted by Gasteiger charge is 2.35. The van der Waals surface area contributed by atoms with E-state index in [-0.39, 0.29) is 18.5 Å². The van der Waals surface area contributed by atoms with Crippen molar-refractivity contribution in [1.82, 2.24) is 24.8 Å². The molecule has 2 saturated carbocycles. The molecule has 0 aromatic carbocycles. The largest absolute Gasteiger partial charge is 0.462 e. The Kier molecular flexibility index (Phi) is 8.06. The molecule has 2 aliphatic carbocycles. The Bertz CT molecular complexity index is 1320. The molecule has 0 N–H and O–H groups in total. The lowest BCUT2D eigenvalue weighted by molar-refractivity contribution is -0.128. The van der Waals surface area contributed by atoms with E-state index >= 15 is 0 Å². The van der Waals surface area contributed by atoms with Crippen LogP contribution in [-0.2, 0) is 17.8 Å². The van der Waals surface area contributed by atoms with Crippen molar-refractivity contribution in [3.05, 3.63) is 59.4 Å². The average molecular weight is 557 g/mol. The number of hydrogen-bond acceptors (Lipinski definition) is 8. The van der Waals surface area contributed by atoms with Crippen LogP contribution in [0.25, 0.3) is 4.85 Å². The van der Waals surface area contributed by atoms with Gasteiger partial charge in [-0.15, -0.1) is 0 Å². The predicted molar refractivity (Wildman–Crippen MR) is 158 cm³/mol. The van der Waals surface area contributed by atoms with E-state index < -0.39 is 0 Å². The van der Waals surface area contributed by atoms with E-state index in [2.05, 4.69) is 44.2 Å². The van der Waals surface area contributed by atoms with Gasteiger partial charge in [0.15, 0.2) is 0 Å². The van der Waals surface area contributed by atoms with Crippen LogP contribution in [0.3, 0.4) is 0 Å². The van der Waals surface area contributed by atoms with E-state index in [4.69, 9.17) is 21.3 Å². The number of piperazine rings is 1. The molecule has 4 heterocycles. The number of ether oxygens (including phenoxy) is 1. The highest BCUT2D eigenvalue weighted by Crippen LogP contribution is 2.45. The van der Waals surface area contributed by atoms with Gasteiger partial charge in [-0.25, -0.2) is 6.57 Å². The molecule has 10 nitrogen and oxygen atoms in total. The Labute approximate surface area is 242 Å². The SMILES string of the molecule is [C-]#[N+]C[C@H]1CN(c2nc(OCCN(C)CC3CC3)nc3c2CCN(c2cnccc2C2CC2)C3)CCN1C(=O)C=C. The van der Waals surface area contributed by atoms with Gasteiger partial charge in [0.1, 0.15) is 18.5 Å². The summed E-state index contributed by atoms with van der Waals surface area (Å²) in [5.74, 6) is 2.22. The van der Waals surface area contributed by atoms with Crippen molar-refractivity contribution in [3.63, 3.8) is 0 Å². The minimum absolute atomic E-state index is 0.124. The molecule has 0 unspecified atom stereocenters. The summed E-state index contributed by atoms with van der Waals surface area (Å²) in [4.78, 5) is 39.2. The third-order valence-corrected chi connectivity index (χ3v) is 8.73. The monoisotopic (exact) mass is 556 g/mol. The third kappa shape index (κ3) is 6.30. The first-order valence-electron chi connectivity index (χ1n) is 14.9. The summed E-state index contributed by atoms with van der Waals surface area (Å²) in [6.45, 7) is 17.1. The Hall–Kier alpha value is -3.71. The smallest absolute Gasteiger partial charge is 0.318 e. The van der Waals surface area contributed by atoms with Crippen molar-refractivity contribution >= 4 is 17.4 Å². The number of fused-ring (bicyclic) bond motifs is 1. The van der Waals surface area contributed by atoms with Gasteiger partial charge < -0.3 is 29.2 Å². The molecular formula is C31H40N8O2. The summed E-state index contributed by atoms with van der Waals surface area (Å²) in [7, 11) is 2.14. The van der Waals surface area contributed by atoms with Gasteiger partial charge in [0.2, 0.25) is 12.5 Å². The van der Waals surface area contributed by atoms with Gasteiger partial charge in [0.05, 0.1) is 24.1 Å². The second-order valence-corrected chi connectivity index (χ2v) is 11.9. The molecule has 3 fully saturated rings. The molecule has 1 amide bonds. The van der Waals surface area contributed by atoms with Crippen LogP contribution in [0.15, 0.2) is 31.1 Å². The molecule has 0 spiro atoms. The van der Waals surface area contributed by atoms with Crippen LogP contribution in [0.1, 0.15) is 48.4 Å². The zero-order chi connectivity index (χ0) is 28.3. The molecular weight excluding hydrogens is 516 g/mol. The van der Waals surface area contributed by atoms with Crippen molar-refractivity contribution in [2.75, 3.05) is 69.3 Å². The van der Waals surface area contributed by atoms with Crippen molar-refractivity contribution < 1.29 is 9.53 Å². The van der Waals surface area contributed by atoms with Crippen LogP contribution < -0.4 is 14.5 Å². The fraction of sp³-hybridized carbons (Fsp3) is 0.581. The molecule has 41 heavy (non-hydrogen) atoms. The number of amides is 1. The first kappa shape index (κ1) is 27.5. The molecule has 4 aliphatic rings. The third-order valence-electron chi connectivity index (χ3n) is 8.73. The van der Waals surface area contributed by atoms with Crippen molar-refractivity contribution in [3.8, 4) is 6.01 Å². The first-order valence-corrected chi connectivity index (χ1v) is 14.9. The van der Waals surface area contributed by atoms with Gasteiger partial charge in [-0.1, -0.05) is 6.58 Å². The molecule has 216 valence electrons. The summed E-state index contributed by atoms with van der Waals surface area (Å²) in [5.41, 5.74) is 4.72. The number of hydrogen-bond donors (Lipinski definition) is 0. The van der Waals surface area contributed by atoms with Gasteiger partial charge in [-0.2, -0.15) is 9.97 Å². The van der Waals surface area contributed by atoms with Gasteiger partial charge in [0, 0.05) is 51.0 Å². The minimum atomic E-state index is -0.214. The highest BCUT2D eigenvalue weighted by molar-refractivity contribution is 5.87. The van der Waals surface area contributed by atoms with E-state index in [1.807, 2.05) is 12.4 Å². The zero-order valence-corrected chi connectivity index (χ0v) is 24.0. The summed E-state index contributed by atoms with van der Waals surface area (Å²) in [6, 6.07) is 2.36. The second-order valence-electron chi connectivity index (χ2n) is 11.9. The van der Waals surface area contributed by atoms with E-state index in [0.29, 0.717) is 44.7 Å². The van der Waals surface area contributed by atoms with Crippen LogP contribution in [0, 0.1) is 12.5 Å². The summed E-state index contributed by atoms with van der Waals surface area (Å²) >= 11 is 0. The maximum absolute atomic E-state index is 12.5. The lowest BCUT2D eigenvalue weighted by atomic mass is 10.0. The predicted octanol–water partition coefficient (Wildman–Crippen LogP) is 3.15. The summed E-state index contributed by atoms with van der Waals surface area (Å²) in [5, 5.41) is 0. The van der Waals surface area contributed by atoms with E-state index in [1.54, 1.807) is 4.90 Å². The van der Waals surface area contributed by atoms with E-state index in [9.17, 15) is 4.79 Å². The molecule has 1 saturated heterocycles. The van der Waals surface area contributed by atoms with Crippen molar-refractivity contribution in [2.24, 2.45) is 5.92 Å². The lowest BCUT2D eigenvalue weighted by Gasteiger charge is -2.41. The normalized spacial score (nSPS) is 20.5. The van der Waals surface area contributed by atoms with Crippen molar-refractivity contribution in [1.29, 1.82) is 0 Å². The first-order chi connectivity index (χ1) is 20.0. The van der Waals surface area contributed by atoms with Crippen molar-refractivity contribution in [2.45, 2.75) is 50.6 Å². The van der Waals surface area contributed by atoms with Crippen LogP contribution >= 0.6 is 0 Å². The van der Waals surface area contributed by atoms with Gasteiger partial charge in [0.25, 0.3) is 0 Å². The van der Waals surface area contributed by atoms with Crippen LogP contribution in [0.5, 0.6) is 6.01 Å². The summed E-state index contributed by atoms with van der Waals surface area (Å²) in [6.07, 6.45) is 11.2. The number of anilines is 2. The Morgan fingerprint density at radius 1 is 1.22 bits per heavy atom. The maximum Gasteiger partial charge on any atom is 0.318 e. The molecule has 2 aromatic heterocycles. The van der Waals surface area contributed by atoms with Gasteiger partial charge in [-0.3, -0.25) is 9.78 Å². The number of carbonyl (C=O) groups is 1. The highest BCUT2D eigenvalue weighted by atomic mass is 16.5.